The summed E-state index contributed by atoms with van der Waals surface area (Å²) in [6.45, 7) is 4.13. The van der Waals surface area contributed by atoms with Crippen LogP contribution >= 0.6 is 0 Å². The predicted octanol–water partition coefficient (Wildman–Crippen LogP) is 0.646. The average molecular weight is 182 g/mol. The van der Waals surface area contributed by atoms with Crippen LogP contribution in [0.1, 0.15) is 6.42 Å². The van der Waals surface area contributed by atoms with Gasteiger partial charge in [-0.05, 0) is 0 Å². The molecule has 13 heavy (non-hydrogen) atoms. The summed E-state index contributed by atoms with van der Waals surface area (Å²) in [6, 6.07) is 0. The molecule has 2 rings (SSSR count). The lowest BCUT2D eigenvalue weighted by Gasteiger charge is -2.19. The molecule has 0 unspecified atom stereocenters. The fourth-order valence-electron chi connectivity index (χ4n) is 1.80. The summed E-state index contributed by atoms with van der Waals surface area (Å²) in [5.41, 5.74) is 0. The molecule has 0 amide bonds. The van der Waals surface area contributed by atoms with Crippen molar-refractivity contribution in [2.45, 2.75) is 30.8 Å². The van der Waals surface area contributed by atoms with E-state index >= 15 is 0 Å². The molecule has 2 bridgehead atoms. The van der Waals surface area contributed by atoms with Gasteiger partial charge in [-0.15, -0.1) is 6.58 Å². The SMILES string of the molecule is C=CCO[C@@H]1C[C@H]2O[C@@H]1C=C[C@H]2O. The van der Waals surface area contributed by atoms with Crippen LogP contribution in [-0.2, 0) is 9.47 Å². The summed E-state index contributed by atoms with van der Waals surface area (Å²) in [7, 11) is 0. The second-order valence-corrected chi connectivity index (χ2v) is 3.41. The topological polar surface area (TPSA) is 38.7 Å². The number of aliphatic hydroxyl groups is 1. The predicted molar refractivity (Wildman–Crippen MR) is 48.4 cm³/mol. The van der Waals surface area contributed by atoms with Gasteiger partial charge in [0.05, 0.1) is 24.9 Å². The van der Waals surface area contributed by atoms with Gasteiger partial charge in [0.2, 0.25) is 0 Å². The van der Waals surface area contributed by atoms with Crippen molar-refractivity contribution in [3.8, 4) is 0 Å². The molecule has 0 saturated carbocycles. The molecule has 3 heteroatoms. The van der Waals surface area contributed by atoms with Gasteiger partial charge in [0.1, 0.15) is 6.10 Å². The Morgan fingerprint density at radius 3 is 3.15 bits per heavy atom. The quantitative estimate of drug-likeness (QED) is 0.651. The van der Waals surface area contributed by atoms with E-state index in [0.717, 1.165) is 6.42 Å². The minimum Gasteiger partial charge on any atom is -0.386 e. The van der Waals surface area contributed by atoms with Gasteiger partial charge in [0.15, 0.2) is 0 Å². The third-order valence-corrected chi connectivity index (χ3v) is 2.47. The molecule has 72 valence electrons. The van der Waals surface area contributed by atoms with Crippen molar-refractivity contribution < 1.29 is 14.6 Å². The summed E-state index contributed by atoms with van der Waals surface area (Å²) in [5, 5.41) is 9.45. The highest BCUT2D eigenvalue weighted by molar-refractivity contribution is 5.10. The highest BCUT2D eigenvalue weighted by Crippen LogP contribution is 2.30. The zero-order valence-electron chi connectivity index (χ0n) is 7.43. The van der Waals surface area contributed by atoms with E-state index in [4.69, 9.17) is 9.47 Å². The molecular weight excluding hydrogens is 168 g/mol. The molecule has 1 N–H and O–H groups in total. The Hall–Kier alpha value is -0.640. The monoisotopic (exact) mass is 182 g/mol. The summed E-state index contributed by atoms with van der Waals surface area (Å²) in [5.74, 6) is 0. The van der Waals surface area contributed by atoms with E-state index in [2.05, 4.69) is 6.58 Å². The van der Waals surface area contributed by atoms with Gasteiger partial charge < -0.3 is 14.6 Å². The Morgan fingerprint density at radius 2 is 2.46 bits per heavy atom. The van der Waals surface area contributed by atoms with Gasteiger partial charge >= 0.3 is 0 Å². The summed E-state index contributed by atoms with van der Waals surface area (Å²) in [6.07, 6.45) is 5.72. The molecule has 0 aromatic rings. The first-order valence-electron chi connectivity index (χ1n) is 4.55. The van der Waals surface area contributed by atoms with E-state index in [1.165, 1.54) is 0 Å². The molecule has 4 atom stereocenters. The van der Waals surface area contributed by atoms with Gasteiger partial charge in [0.25, 0.3) is 0 Å². The minimum atomic E-state index is -0.464. The van der Waals surface area contributed by atoms with Crippen LogP contribution in [0.3, 0.4) is 0 Å². The second-order valence-electron chi connectivity index (χ2n) is 3.41. The van der Waals surface area contributed by atoms with Crippen molar-refractivity contribution in [2.24, 2.45) is 0 Å². The maximum Gasteiger partial charge on any atom is 0.102 e. The Balaban J connectivity index is 1.96. The van der Waals surface area contributed by atoms with E-state index in [-0.39, 0.29) is 18.3 Å². The van der Waals surface area contributed by atoms with E-state index in [1.54, 1.807) is 12.2 Å². The van der Waals surface area contributed by atoms with Gasteiger partial charge in [-0.2, -0.15) is 0 Å². The second kappa shape index (κ2) is 3.62. The number of aliphatic hydroxyl groups excluding tert-OH is 1. The first-order chi connectivity index (χ1) is 6.31. The van der Waals surface area contributed by atoms with Crippen LogP contribution in [0.25, 0.3) is 0 Å². The maximum absolute atomic E-state index is 9.45. The number of ether oxygens (including phenoxy) is 2. The van der Waals surface area contributed by atoms with Crippen LogP contribution in [0, 0.1) is 0 Å². The van der Waals surface area contributed by atoms with Gasteiger partial charge in [-0.3, -0.25) is 0 Å². The van der Waals surface area contributed by atoms with E-state index < -0.39 is 6.10 Å². The van der Waals surface area contributed by atoms with Gasteiger partial charge in [0, 0.05) is 6.42 Å². The van der Waals surface area contributed by atoms with E-state index in [1.807, 2.05) is 6.08 Å². The summed E-state index contributed by atoms with van der Waals surface area (Å²) < 4.78 is 11.0. The smallest absolute Gasteiger partial charge is 0.102 e. The Labute approximate surface area is 77.7 Å². The first-order valence-corrected chi connectivity index (χ1v) is 4.55. The largest absolute Gasteiger partial charge is 0.386 e. The lowest BCUT2D eigenvalue weighted by atomic mass is 10.1. The maximum atomic E-state index is 9.45. The molecule has 1 saturated heterocycles. The number of hydrogen-bond donors (Lipinski definition) is 1. The van der Waals surface area contributed by atoms with Crippen LogP contribution in [0.4, 0.5) is 0 Å². The average Bonchev–Trinajstić information content (AvgIpc) is 2.48. The zero-order valence-corrected chi connectivity index (χ0v) is 7.43. The molecule has 0 radical (unpaired) electrons. The van der Waals surface area contributed by atoms with Crippen molar-refractivity contribution in [3.05, 3.63) is 24.8 Å². The molecule has 0 aliphatic carbocycles. The standard InChI is InChI=1S/C10H14O3/c1-2-5-12-10-6-9-7(11)3-4-8(10)13-9/h2-4,7-11H,1,5-6H2/t7-,8-,9-,10-/m1/s1. The van der Waals surface area contributed by atoms with Crippen molar-refractivity contribution >= 4 is 0 Å². The van der Waals surface area contributed by atoms with Gasteiger partial charge in [-0.25, -0.2) is 0 Å². The fraction of sp³-hybridized carbons (Fsp3) is 0.600. The molecule has 2 aliphatic heterocycles. The third kappa shape index (κ3) is 1.68. The number of hydrogen-bond acceptors (Lipinski definition) is 3. The van der Waals surface area contributed by atoms with Gasteiger partial charge in [-0.1, -0.05) is 18.2 Å². The van der Waals surface area contributed by atoms with E-state index in [9.17, 15) is 5.11 Å². The molecule has 0 spiro atoms. The normalized spacial score (nSPS) is 42.2. The Morgan fingerprint density at radius 1 is 1.62 bits per heavy atom. The lowest BCUT2D eigenvalue weighted by Crippen LogP contribution is -2.28. The van der Waals surface area contributed by atoms with Crippen molar-refractivity contribution in [2.75, 3.05) is 6.61 Å². The Bertz CT molecular complexity index is 224. The first kappa shape index (κ1) is 8.94. The molecule has 2 heterocycles. The lowest BCUT2D eigenvalue weighted by molar-refractivity contribution is -0.0291. The molecular formula is C10H14O3. The van der Waals surface area contributed by atoms with E-state index in [0.29, 0.717) is 6.61 Å². The van der Waals surface area contributed by atoms with Crippen molar-refractivity contribution in [3.63, 3.8) is 0 Å². The fourth-order valence-corrected chi connectivity index (χ4v) is 1.80. The number of rotatable bonds is 3. The highest BCUT2D eigenvalue weighted by atomic mass is 16.6. The van der Waals surface area contributed by atoms with Crippen LogP contribution < -0.4 is 0 Å². The summed E-state index contributed by atoms with van der Waals surface area (Å²) in [4.78, 5) is 0. The highest BCUT2D eigenvalue weighted by Gasteiger charge is 2.40. The zero-order chi connectivity index (χ0) is 9.26. The molecule has 0 aromatic heterocycles. The number of fused-ring (bicyclic) bond motifs is 2. The Kier molecular flexibility index (Phi) is 2.49. The minimum absolute atomic E-state index is 0.0216. The molecule has 2 aliphatic rings. The van der Waals surface area contributed by atoms with Crippen LogP contribution in [0.2, 0.25) is 0 Å². The van der Waals surface area contributed by atoms with Crippen LogP contribution in [0.5, 0.6) is 0 Å². The van der Waals surface area contributed by atoms with Crippen molar-refractivity contribution in [1.29, 1.82) is 0 Å². The van der Waals surface area contributed by atoms with Crippen LogP contribution in [0.15, 0.2) is 24.8 Å². The third-order valence-electron chi connectivity index (χ3n) is 2.47. The summed E-state index contributed by atoms with van der Waals surface area (Å²) >= 11 is 0. The molecule has 0 aromatic carbocycles. The van der Waals surface area contributed by atoms with Crippen LogP contribution in [-0.4, -0.2) is 36.1 Å². The van der Waals surface area contributed by atoms with Crippen molar-refractivity contribution in [1.82, 2.24) is 0 Å². The molecule has 3 nitrogen and oxygen atoms in total. The molecule has 1 fully saturated rings.